The minimum atomic E-state index is -4.02. The lowest BCUT2D eigenvalue weighted by atomic mass is 10.3. The minimum absolute atomic E-state index is 0.0152. The van der Waals surface area contributed by atoms with Crippen molar-refractivity contribution in [2.24, 2.45) is 0 Å². The molecule has 0 unspecified atom stereocenters. The fraction of sp³-hybridized carbons (Fsp3) is 0.100. The van der Waals surface area contributed by atoms with Crippen LogP contribution in [0.15, 0.2) is 39.9 Å². The van der Waals surface area contributed by atoms with E-state index in [1.54, 1.807) is 0 Å². The van der Waals surface area contributed by atoms with E-state index >= 15 is 0 Å². The van der Waals surface area contributed by atoms with Crippen molar-refractivity contribution in [1.29, 1.82) is 0 Å². The van der Waals surface area contributed by atoms with E-state index in [9.17, 15) is 18.5 Å². The monoisotopic (exact) mass is 298 g/mol. The molecule has 0 radical (unpaired) electrons. The molecule has 0 saturated heterocycles. The van der Waals surface area contributed by atoms with Crippen LogP contribution in [0.5, 0.6) is 0 Å². The number of non-ortho nitro benzene ring substituents is 1. The van der Waals surface area contributed by atoms with Crippen LogP contribution in [0, 0.1) is 10.1 Å². The second-order valence-corrected chi connectivity index (χ2v) is 5.33. The van der Waals surface area contributed by atoms with Crippen LogP contribution in [0.3, 0.4) is 0 Å². The van der Waals surface area contributed by atoms with Gasteiger partial charge in [-0.2, -0.15) is 0 Å². The summed E-state index contributed by atoms with van der Waals surface area (Å²) >= 11 is 0. The number of rotatable bonds is 5. The second-order valence-electron chi connectivity index (χ2n) is 3.68. The number of hydrogen-bond acceptors (Lipinski definition) is 7. The van der Waals surface area contributed by atoms with Crippen molar-refractivity contribution in [3.05, 3.63) is 40.6 Å². The number of benzene rings is 1. The van der Waals surface area contributed by atoms with E-state index in [-0.39, 0.29) is 22.1 Å². The number of nitro benzene ring substituents is 1. The van der Waals surface area contributed by atoms with E-state index < -0.39 is 14.9 Å². The first kappa shape index (κ1) is 13.8. The van der Waals surface area contributed by atoms with Crippen LogP contribution in [0.4, 0.5) is 17.2 Å². The number of nitrogens with one attached hydrogen (secondary N) is 2. The summed E-state index contributed by atoms with van der Waals surface area (Å²) in [6.45, 7) is 0. The first-order chi connectivity index (χ1) is 9.44. The summed E-state index contributed by atoms with van der Waals surface area (Å²) in [5.41, 5.74) is -0.101. The quantitative estimate of drug-likeness (QED) is 0.631. The molecule has 0 saturated carbocycles. The van der Waals surface area contributed by atoms with Crippen molar-refractivity contribution in [3.63, 3.8) is 0 Å². The second kappa shape index (κ2) is 5.17. The van der Waals surface area contributed by atoms with Gasteiger partial charge in [0, 0.05) is 25.2 Å². The summed E-state index contributed by atoms with van der Waals surface area (Å²) in [7, 11) is -2.51. The Balaban J connectivity index is 2.48. The van der Waals surface area contributed by atoms with Crippen molar-refractivity contribution in [3.8, 4) is 0 Å². The number of nitrogens with zero attached hydrogens (tertiary/aromatic N) is 2. The molecule has 0 aliphatic heterocycles. The Hall–Kier alpha value is -2.62. The average molecular weight is 298 g/mol. The number of nitro groups is 1. The van der Waals surface area contributed by atoms with Gasteiger partial charge in [0.1, 0.15) is 11.2 Å². The molecule has 1 aromatic carbocycles. The van der Waals surface area contributed by atoms with Gasteiger partial charge in [-0.05, 0) is 6.07 Å². The normalized spacial score (nSPS) is 11.1. The molecule has 0 aliphatic rings. The van der Waals surface area contributed by atoms with Crippen LogP contribution in [-0.4, -0.2) is 25.5 Å². The summed E-state index contributed by atoms with van der Waals surface area (Å²) < 4.78 is 31.1. The molecule has 106 valence electrons. The van der Waals surface area contributed by atoms with E-state index in [1.807, 2.05) is 0 Å². The van der Waals surface area contributed by atoms with Gasteiger partial charge in [-0.15, -0.1) is 0 Å². The number of anilines is 2. The van der Waals surface area contributed by atoms with Crippen molar-refractivity contribution in [2.45, 2.75) is 4.90 Å². The third-order valence-electron chi connectivity index (χ3n) is 2.41. The molecule has 1 aromatic heterocycles. The zero-order chi connectivity index (χ0) is 14.8. The Labute approximate surface area is 113 Å². The Morgan fingerprint density at radius 1 is 1.35 bits per heavy atom. The van der Waals surface area contributed by atoms with Gasteiger partial charge in [0.05, 0.1) is 10.6 Å². The van der Waals surface area contributed by atoms with Crippen LogP contribution >= 0.6 is 0 Å². The molecule has 0 amide bonds. The van der Waals surface area contributed by atoms with Gasteiger partial charge < -0.3 is 9.84 Å². The van der Waals surface area contributed by atoms with Crippen LogP contribution in [0.25, 0.3) is 0 Å². The maximum atomic E-state index is 12.2. The molecular formula is C10H10N4O5S. The van der Waals surface area contributed by atoms with Crippen LogP contribution in [0.2, 0.25) is 0 Å². The highest BCUT2D eigenvalue weighted by Gasteiger charge is 2.22. The van der Waals surface area contributed by atoms with Gasteiger partial charge in [-0.3, -0.25) is 14.8 Å². The van der Waals surface area contributed by atoms with Gasteiger partial charge in [-0.1, -0.05) is 5.16 Å². The summed E-state index contributed by atoms with van der Waals surface area (Å²) in [5.74, 6) is -0.0152. The smallest absolute Gasteiger partial charge is 0.270 e. The molecule has 2 rings (SSSR count). The summed E-state index contributed by atoms with van der Waals surface area (Å²) in [6, 6.07) is 4.80. The zero-order valence-electron chi connectivity index (χ0n) is 10.2. The van der Waals surface area contributed by atoms with Crippen molar-refractivity contribution in [1.82, 2.24) is 5.16 Å². The summed E-state index contributed by atoms with van der Waals surface area (Å²) in [5, 5.41) is 16.8. The highest BCUT2D eigenvalue weighted by Crippen LogP contribution is 2.27. The Kier molecular flexibility index (Phi) is 3.57. The standard InChI is InChI=1S/C10H10N4O5S/c1-11-8-3-2-7(14(15)16)6-9(8)20(17,18)13-10-4-5-19-12-10/h2-6,11H,1H3,(H,12,13). The first-order valence-electron chi connectivity index (χ1n) is 5.33. The third-order valence-corrected chi connectivity index (χ3v) is 3.81. The number of aromatic nitrogens is 1. The molecule has 0 atom stereocenters. The van der Waals surface area contributed by atoms with E-state index in [4.69, 9.17) is 0 Å². The first-order valence-corrected chi connectivity index (χ1v) is 6.82. The van der Waals surface area contributed by atoms with Crippen molar-refractivity contribution >= 4 is 27.2 Å². The molecule has 20 heavy (non-hydrogen) atoms. The van der Waals surface area contributed by atoms with Gasteiger partial charge in [0.25, 0.3) is 15.7 Å². The van der Waals surface area contributed by atoms with E-state index in [1.165, 1.54) is 31.5 Å². The highest BCUT2D eigenvalue weighted by molar-refractivity contribution is 7.92. The molecule has 0 fully saturated rings. The third kappa shape index (κ3) is 2.69. The van der Waals surface area contributed by atoms with Crippen LogP contribution < -0.4 is 10.0 Å². The van der Waals surface area contributed by atoms with Gasteiger partial charge in [0.15, 0.2) is 5.82 Å². The fourth-order valence-corrected chi connectivity index (χ4v) is 2.74. The van der Waals surface area contributed by atoms with Crippen molar-refractivity contribution in [2.75, 3.05) is 17.1 Å². The Bertz CT molecular complexity index is 726. The van der Waals surface area contributed by atoms with Gasteiger partial charge >= 0.3 is 0 Å². The molecule has 0 spiro atoms. The Morgan fingerprint density at radius 3 is 2.65 bits per heavy atom. The molecule has 9 nitrogen and oxygen atoms in total. The largest absolute Gasteiger partial charge is 0.387 e. The lowest BCUT2D eigenvalue weighted by Gasteiger charge is -2.10. The molecule has 0 bridgehead atoms. The molecule has 0 aliphatic carbocycles. The maximum absolute atomic E-state index is 12.2. The lowest BCUT2D eigenvalue weighted by Crippen LogP contribution is -2.15. The SMILES string of the molecule is CNc1ccc([N+](=O)[O-])cc1S(=O)(=O)Nc1ccon1. The molecular weight excluding hydrogens is 288 g/mol. The number of hydrogen-bond donors (Lipinski definition) is 2. The van der Waals surface area contributed by atoms with E-state index in [0.29, 0.717) is 0 Å². The molecule has 1 heterocycles. The summed E-state index contributed by atoms with van der Waals surface area (Å²) in [6.07, 6.45) is 1.20. The highest BCUT2D eigenvalue weighted by atomic mass is 32.2. The van der Waals surface area contributed by atoms with E-state index in [0.717, 1.165) is 6.07 Å². The van der Waals surface area contributed by atoms with E-state index in [2.05, 4.69) is 19.7 Å². The van der Waals surface area contributed by atoms with Crippen LogP contribution in [0.1, 0.15) is 0 Å². The van der Waals surface area contributed by atoms with Crippen molar-refractivity contribution < 1.29 is 17.9 Å². The predicted molar refractivity (Wildman–Crippen MR) is 70.0 cm³/mol. The minimum Gasteiger partial charge on any atom is -0.387 e. The topological polar surface area (TPSA) is 127 Å². The predicted octanol–water partition coefficient (Wildman–Crippen LogP) is 1.43. The number of sulfonamides is 1. The Morgan fingerprint density at radius 2 is 2.10 bits per heavy atom. The summed E-state index contributed by atoms with van der Waals surface area (Å²) in [4.78, 5) is 9.81. The van der Waals surface area contributed by atoms with Gasteiger partial charge in [-0.25, -0.2) is 8.42 Å². The van der Waals surface area contributed by atoms with Crippen LogP contribution in [-0.2, 0) is 10.0 Å². The fourth-order valence-electron chi connectivity index (χ4n) is 1.51. The molecule has 2 N–H and O–H groups in total. The zero-order valence-corrected chi connectivity index (χ0v) is 11.0. The average Bonchev–Trinajstić information content (AvgIpc) is 2.90. The van der Waals surface area contributed by atoms with Gasteiger partial charge in [0.2, 0.25) is 0 Å². The molecule has 2 aromatic rings. The molecule has 10 heteroatoms. The maximum Gasteiger partial charge on any atom is 0.270 e. The lowest BCUT2D eigenvalue weighted by molar-refractivity contribution is -0.385.